The van der Waals surface area contributed by atoms with E-state index in [1.807, 2.05) is 0 Å². The van der Waals surface area contributed by atoms with Crippen LogP contribution in [0.25, 0.3) is 0 Å². The summed E-state index contributed by atoms with van der Waals surface area (Å²) in [5.74, 6) is 1.56. The molecule has 19 heavy (non-hydrogen) atoms. The van der Waals surface area contributed by atoms with E-state index in [-0.39, 0.29) is 0 Å². The van der Waals surface area contributed by atoms with Crippen molar-refractivity contribution in [2.24, 2.45) is 0 Å². The zero-order valence-electron chi connectivity index (χ0n) is 11.7. The average molecular weight is 250 g/mol. The highest BCUT2D eigenvalue weighted by Gasteiger charge is 2.23. The summed E-state index contributed by atoms with van der Waals surface area (Å²) >= 11 is 0. The maximum Gasteiger partial charge on any atom is -0.0162 e. The first-order valence-electron chi connectivity index (χ1n) is 7.44. The van der Waals surface area contributed by atoms with Gasteiger partial charge in [0.2, 0.25) is 0 Å². The van der Waals surface area contributed by atoms with E-state index in [4.69, 9.17) is 0 Å². The van der Waals surface area contributed by atoms with E-state index in [9.17, 15) is 0 Å². The van der Waals surface area contributed by atoms with Crippen LogP contribution in [0.1, 0.15) is 54.2 Å². The first-order valence-corrected chi connectivity index (χ1v) is 7.44. The van der Waals surface area contributed by atoms with E-state index in [0.717, 1.165) is 11.8 Å². The molecule has 0 radical (unpaired) electrons. The average Bonchev–Trinajstić information content (AvgIpc) is 2.49. The molecule has 0 aromatic heterocycles. The van der Waals surface area contributed by atoms with Crippen LogP contribution in [0.4, 0.5) is 0 Å². The Kier molecular flexibility index (Phi) is 3.68. The van der Waals surface area contributed by atoms with Gasteiger partial charge in [0.15, 0.2) is 0 Å². The molecule has 2 aromatic carbocycles. The van der Waals surface area contributed by atoms with Crippen molar-refractivity contribution in [2.45, 2.75) is 44.4 Å². The summed E-state index contributed by atoms with van der Waals surface area (Å²) in [5, 5.41) is 0. The van der Waals surface area contributed by atoms with Gasteiger partial charge in [-0.15, -0.1) is 0 Å². The van der Waals surface area contributed by atoms with Gasteiger partial charge in [-0.2, -0.15) is 0 Å². The molecule has 0 atom stereocenters. The van der Waals surface area contributed by atoms with Crippen molar-refractivity contribution in [1.29, 1.82) is 0 Å². The number of hydrogen-bond acceptors (Lipinski definition) is 0. The van der Waals surface area contributed by atoms with Gasteiger partial charge in [-0.05, 0) is 55.6 Å². The van der Waals surface area contributed by atoms with Gasteiger partial charge in [0, 0.05) is 0 Å². The number of rotatable bonds is 2. The second-order valence-electron chi connectivity index (χ2n) is 5.87. The van der Waals surface area contributed by atoms with Crippen molar-refractivity contribution in [3.05, 3.63) is 71.3 Å². The molecule has 0 aliphatic heterocycles. The Morgan fingerprint density at radius 3 is 1.63 bits per heavy atom. The maximum atomic E-state index is 2.32. The van der Waals surface area contributed by atoms with Crippen LogP contribution < -0.4 is 0 Å². The molecule has 1 saturated carbocycles. The van der Waals surface area contributed by atoms with Crippen molar-refractivity contribution < 1.29 is 0 Å². The molecule has 0 spiro atoms. The van der Waals surface area contributed by atoms with Gasteiger partial charge in [-0.3, -0.25) is 0 Å². The Morgan fingerprint density at radius 2 is 1.11 bits per heavy atom. The summed E-state index contributed by atoms with van der Waals surface area (Å²) < 4.78 is 0. The standard InChI is InChI=1S/C19H22/c1-15-7-9-17(10-8-15)19-13-11-18(12-14-19)16-5-3-2-4-6-16/h2-10,18-19H,11-14H2,1H3. The molecule has 0 unspecified atom stereocenters. The van der Waals surface area contributed by atoms with Crippen LogP contribution in [0.2, 0.25) is 0 Å². The fraction of sp³-hybridized carbons (Fsp3) is 0.368. The lowest BCUT2D eigenvalue weighted by Gasteiger charge is -2.29. The lowest BCUT2D eigenvalue weighted by molar-refractivity contribution is 0.396. The Morgan fingerprint density at radius 1 is 0.632 bits per heavy atom. The predicted octanol–water partition coefficient (Wildman–Crippen LogP) is 5.44. The third kappa shape index (κ3) is 2.89. The quantitative estimate of drug-likeness (QED) is 0.666. The molecule has 1 aliphatic carbocycles. The van der Waals surface area contributed by atoms with Crippen molar-refractivity contribution in [2.75, 3.05) is 0 Å². The molecule has 0 heteroatoms. The Bertz CT molecular complexity index is 501. The van der Waals surface area contributed by atoms with E-state index in [1.54, 1.807) is 0 Å². The number of benzene rings is 2. The van der Waals surface area contributed by atoms with Crippen LogP contribution >= 0.6 is 0 Å². The highest BCUT2D eigenvalue weighted by molar-refractivity contribution is 5.26. The van der Waals surface area contributed by atoms with Crippen LogP contribution in [0, 0.1) is 6.92 Å². The van der Waals surface area contributed by atoms with E-state index in [0.29, 0.717) is 0 Å². The summed E-state index contributed by atoms with van der Waals surface area (Å²) in [6.45, 7) is 2.16. The fourth-order valence-corrected chi connectivity index (χ4v) is 3.32. The van der Waals surface area contributed by atoms with Gasteiger partial charge in [-0.1, -0.05) is 60.2 Å². The predicted molar refractivity (Wildman–Crippen MR) is 81.6 cm³/mol. The van der Waals surface area contributed by atoms with Gasteiger partial charge < -0.3 is 0 Å². The summed E-state index contributed by atoms with van der Waals surface area (Å²) in [7, 11) is 0. The third-order valence-electron chi connectivity index (χ3n) is 4.55. The molecule has 0 amide bonds. The van der Waals surface area contributed by atoms with E-state index in [1.165, 1.54) is 42.4 Å². The molecule has 1 fully saturated rings. The van der Waals surface area contributed by atoms with E-state index in [2.05, 4.69) is 61.5 Å². The van der Waals surface area contributed by atoms with E-state index >= 15 is 0 Å². The maximum absolute atomic E-state index is 2.32. The van der Waals surface area contributed by atoms with Crippen LogP contribution in [0.5, 0.6) is 0 Å². The monoisotopic (exact) mass is 250 g/mol. The first-order chi connectivity index (χ1) is 9.33. The van der Waals surface area contributed by atoms with Crippen LogP contribution in [-0.2, 0) is 0 Å². The highest BCUT2D eigenvalue weighted by Crippen LogP contribution is 2.40. The van der Waals surface area contributed by atoms with Gasteiger partial charge in [-0.25, -0.2) is 0 Å². The first kappa shape index (κ1) is 12.5. The minimum absolute atomic E-state index is 0.778. The van der Waals surface area contributed by atoms with Crippen LogP contribution in [-0.4, -0.2) is 0 Å². The second kappa shape index (κ2) is 5.61. The number of aryl methyl sites for hydroxylation is 1. The summed E-state index contributed by atoms with van der Waals surface area (Å²) in [4.78, 5) is 0. The molecule has 0 N–H and O–H groups in total. The van der Waals surface area contributed by atoms with Gasteiger partial charge in [0.25, 0.3) is 0 Å². The van der Waals surface area contributed by atoms with Gasteiger partial charge in [0.1, 0.15) is 0 Å². The molecule has 3 rings (SSSR count). The zero-order valence-corrected chi connectivity index (χ0v) is 11.7. The summed E-state index contributed by atoms with van der Waals surface area (Å²) in [6, 6.07) is 20.2. The molecule has 0 nitrogen and oxygen atoms in total. The summed E-state index contributed by atoms with van der Waals surface area (Å²) in [5.41, 5.74) is 4.43. The van der Waals surface area contributed by atoms with E-state index < -0.39 is 0 Å². The molecular weight excluding hydrogens is 228 g/mol. The fourth-order valence-electron chi connectivity index (χ4n) is 3.32. The Labute approximate surface area is 116 Å². The minimum atomic E-state index is 0.778. The van der Waals surface area contributed by atoms with Crippen LogP contribution in [0.15, 0.2) is 54.6 Å². The van der Waals surface area contributed by atoms with Gasteiger partial charge >= 0.3 is 0 Å². The van der Waals surface area contributed by atoms with Crippen molar-refractivity contribution in [3.63, 3.8) is 0 Å². The number of hydrogen-bond donors (Lipinski definition) is 0. The lowest BCUT2D eigenvalue weighted by atomic mass is 9.76. The molecule has 98 valence electrons. The topological polar surface area (TPSA) is 0 Å². The molecule has 2 aromatic rings. The summed E-state index contributed by atoms with van der Waals surface area (Å²) in [6.07, 6.45) is 5.34. The third-order valence-corrected chi connectivity index (χ3v) is 4.55. The Hall–Kier alpha value is -1.56. The molecular formula is C19H22. The minimum Gasteiger partial charge on any atom is -0.0622 e. The largest absolute Gasteiger partial charge is 0.0622 e. The van der Waals surface area contributed by atoms with Crippen LogP contribution in [0.3, 0.4) is 0 Å². The molecule has 0 heterocycles. The molecule has 1 aliphatic rings. The highest BCUT2D eigenvalue weighted by atomic mass is 14.3. The van der Waals surface area contributed by atoms with Crippen molar-refractivity contribution in [3.8, 4) is 0 Å². The van der Waals surface area contributed by atoms with Gasteiger partial charge in [0.05, 0.1) is 0 Å². The SMILES string of the molecule is Cc1ccc(C2CCC(c3ccccc3)CC2)cc1. The van der Waals surface area contributed by atoms with Crippen molar-refractivity contribution in [1.82, 2.24) is 0 Å². The second-order valence-corrected chi connectivity index (χ2v) is 5.87. The zero-order chi connectivity index (χ0) is 13.1. The normalized spacial score (nSPS) is 23.2. The smallest absolute Gasteiger partial charge is 0.0162 e. The molecule has 0 bridgehead atoms. The van der Waals surface area contributed by atoms with Crippen molar-refractivity contribution >= 4 is 0 Å². The molecule has 0 saturated heterocycles. The lowest BCUT2D eigenvalue weighted by Crippen LogP contribution is -2.12. The Balaban J connectivity index is 1.65.